The van der Waals surface area contributed by atoms with Crippen LogP contribution in [0.1, 0.15) is 24.4 Å². The summed E-state index contributed by atoms with van der Waals surface area (Å²) in [7, 11) is 1.75. The fraction of sp³-hybridized carbons (Fsp3) is 0.600. The van der Waals surface area contributed by atoms with Crippen molar-refractivity contribution in [2.75, 3.05) is 33.4 Å². The standard InChI is InChI=1S/C15H23FN2O/c1-19-11-12-3-2-8-18(9-12)10-15(17)13-4-6-14(16)7-5-13/h4-7,12,15H,2-3,8-11,17H2,1H3. The minimum Gasteiger partial charge on any atom is -0.384 e. The molecule has 0 radical (unpaired) electrons. The van der Waals surface area contributed by atoms with E-state index in [9.17, 15) is 4.39 Å². The summed E-state index contributed by atoms with van der Waals surface area (Å²) < 4.78 is 18.1. The average Bonchev–Trinajstić information content (AvgIpc) is 2.40. The molecule has 4 heteroatoms. The minimum atomic E-state index is -0.214. The molecule has 2 atom stereocenters. The van der Waals surface area contributed by atoms with Gasteiger partial charge in [-0.15, -0.1) is 0 Å². The van der Waals surface area contributed by atoms with Crippen molar-refractivity contribution in [2.24, 2.45) is 11.7 Å². The van der Waals surface area contributed by atoms with E-state index in [1.807, 2.05) is 0 Å². The number of halogens is 1. The molecule has 0 amide bonds. The quantitative estimate of drug-likeness (QED) is 0.888. The van der Waals surface area contributed by atoms with Crippen LogP contribution in [0.3, 0.4) is 0 Å². The van der Waals surface area contributed by atoms with Gasteiger partial charge in [-0.05, 0) is 43.0 Å². The van der Waals surface area contributed by atoms with Crippen molar-refractivity contribution >= 4 is 0 Å². The lowest BCUT2D eigenvalue weighted by Crippen LogP contribution is -2.40. The molecule has 3 nitrogen and oxygen atoms in total. The summed E-state index contributed by atoms with van der Waals surface area (Å²) >= 11 is 0. The number of methoxy groups -OCH3 is 1. The van der Waals surface area contributed by atoms with Gasteiger partial charge in [-0.1, -0.05) is 12.1 Å². The van der Waals surface area contributed by atoms with E-state index < -0.39 is 0 Å². The molecule has 1 aromatic carbocycles. The first kappa shape index (κ1) is 14.4. The Morgan fingerprint density at radius 2 is 2.16 bits per heavy atom. The third kappa shape index (κ3) is 4.27. The largest absolute Gasteiger partial charge is 0.384 e. The maximum absolute atomic E-state index is 12.9. The van der Waals surface area contributed by atoms with Gasteiger partial charge in [0, 0.05) is 26.2 Å². The number of likely N-dealkylation sites (tertiary alicyclic amines) is 1. The van der Waals surface area contributed by atoms with Gasteiger partial charge in [-0.3, -0.25) is 0 Å². The predicted octanol–water partition coefficient (Wildman–Crippen LogP) is 2.18. The Morgan fingerprint density at radius 1 is 1.42 bits per heavy atom. The van der Waals surface area contributed by atoms with Crippen molar-refractivity contribution < 1.29 is 9.13 Å². The fourth-order valence-electron chi connectivity index (χ4n) is 2.78. The third-order valence-corrected chi connectivity index (χ3v) is 3.76. The van der Waals surface area contributed by atoms with E-state index in [0.29, 0.717) is 5.92 Å². The Kier molecular flexibility index (Phi) is 5.31. The molecule has 2 unspecified atom stereocenters. The number of nitrogens with zero attached hydrogens (tertiary/aromatic N) is 1. The van der Waals surface area contributed by atoms with E-state index in [1.165, 1.54) is 25.0 Å². The Hall–Kier alpha value is -0.970. The monoisotopic (exact) mass is 266 g/mol. The van der Waals surface area contributed by atoms with Crippen molar-refractivity contribution in [3.05, 3.63) is 35.6 Å². The second-order valence-corrected chi connectivity index (χ2v) is 5.38. The molecular weight excluding hydrogens is 243 g/mol. The van der Waals surface area contributed by atoms with Crippen LogP contribution in [0.2, 0.25) is 0 Å². The van der Waals surface area contributed by atoms with Crippen molar-refractivity contribution in [1.29, 1.82) is 0 Å². The van der Waals surface area contributed by atoms with Crippen LogP contribution in [0, 0.1) is 11.7 Å². The number of hydrogen-bond acceptors (Lipinski definition) is 3. The van der Waals surface area contributed by atoms with Crippen LogP contribution in [0.4, 0.5) is 4.39 Å². The normalized spacial score (nSPS) is 22.4. The summed E-state index contributed by atoms with van der Waals surface area (Å²) in [5, 5.41) is 0. The Balaban J connectivity index is 1.87. The minimum absolute atomic E-state index is 0.0538. The molecule has 0 aliphatic carbocycles. The zero-order valence-corrected chi connectivity index (χ0v) is 11.5. The number of nitrogens with two attached hydrogens (primary N) is 1. The van der Waals surface area contributed by atoms with Crippen LogP contribution in [-0.4, -0.2) is 38.3 Å². The summed E-state index contributed by atoms with van der Waals surface area (Å²) in [5.74, 6) is 0.397. The van der Waals surface area contributed by atoms with Crippen molar-refractivity contribution in [1.82, 2.24) is 4.90 Å². The summed E-state index contributed by atoms with van der Waals surface area (Å²) in [6.45, 7) is 3.78. The molecule has 1 aliphatic rings. The predicted molar refractivity (Wildman–Crippen MR) is 74.4 cm³/mol. The first-order valence-electron chi connectivity index (χ1n) is 6.91. The highest BCUT2D eigenvalue weighted by molar-refractivity contribution is 5.19. The zero-order chi connectivity index (χ0) is 13.7. The summed E-state index contributed by atoms with van der Waals surface area (Å²) in [5.41, 5.74) is 7.20. The first-order valence-corrected chi connectivity index (χ1v) is 6.91. The number of piperidine rings is 1. The maximum Gasteiger partial charge on any atom is 0.123 e. The summed E-state index contributed by atoms with van der Waals surface area (Å²) in [6, 6.07) is 6.44. The third-order valence-electron chi connectivity index (χ3n) is 3.76. The molecule has 106 valence electrons. The lowest BCUT2D eigenvalue weighted by molar-refractivity contribution is 0.0878. The summed E-state index contributed by atoms with van der Waals surface area (Å²) in [4.78, 5) is 2.39. The van der Waals surface area contributed by atoms with Crippen LogP contribution in [0.25, 0.3) is 0 Å². The molecule has 0 saturated carbocycles. The molecular formula is C15H23FN2O. The van der Waals surface area contributed by atoms with E-state index in [0.717, 1.165) is 31.8 Å². The molecule has 1 aromatic rings. The highest BCUT2D eigenvalue weighted by Gasteiger charge is 2.21. The van der Waals surface area contributed by atoms with Gasteiger partial charge in [0.2, 0.25) is 0 Å². The van der Waals surface area contributed by atoms with Crippen LogP contribution < -0.4 is 5.73 Å². The molecule has 1 heterocycles. The topological polar surface area (TPSA) is 38.5 Å². The maximum atomic E-state index is 12.9. The van der Waals surface area contributed by atoms with E-state index >= 15 is 0 Å². The van der Waals surface area contributed by atoms with Crippen molar-refractivity contribution in [3.63, 3.8) is 0 Å². The van der Waals surface area contributed by atoms with Crippen LogP contribution in [0.15, 0.2) is 24.3 Å². The molecule has 2 N–H and O–H groups in total. The van der Waals surface area contributed by atoms with Gasteiger partial charge < -0.3 is 15.4 Å². The van der Waals surface area contributed by atoms with Gasteiger partial charge in [0.05, 0.1) is 6.61 Å². The van der Waals surface area contributed by atoms with Gasteiger partial charge in [-0.25, -0.2) is 4.39 Å². The molecule has 2 rings (SSSR count). The van der Waals surface area contributed by atoms with Gasteiger partial charge in [0.25, 0.3) is 0 Å². The zero-order valence-electron chi connectivity index (χ0n) is 11.5. The van der Waals surface area contributed by atoms with Crippen LogP contribution in [-0.2, 0) is 4.74 Å². The Labute approximate surface area is 114 Å². The molecule has 0 aromatic heterocycles. The van der Waals surface area contributed by atoms with Gasteiger partial charge in [0.15, 0.2) is 0 Å². The van der Waals surface area contributed by atoms with Crippen LogP contribution in [0.5, 0.6) is 0 Å². The van der Waals surface area contributed by atoms with E-state index in [1.54, 1.807) is 19.2 Å². The second-order valence-electron chi connectivity index (χ2n) is 5.38. The number of rotatable bonds is 5. The van der Waals surface area contributed by atoms with E-state index in [2.05, 4.69) is 4.90 Å². The smallest absolute Gasteiger partial charge is 0.123 e. The van der Waals surface area contributed by atoms with Gasteiger partial charge in [0.1, 0.15) is 5.82 Å². The molecule has 0 spiro atoms. The van der Waals surface area contributed by atoms with Crippen molar-refractivity contribution in [2.45, 2.75) is 18.9 Å². The molecule has 1 fully saturated rings. The molecule has 1 aliphatic heterocycles. The second kappa shape index (κ2) is 6.98. The first-order chi connectivity index (χ1) is 9.19. The fourth-order valence-corrected chi connectivity index (χ4v) is 2.78. The van der Waals surface area contributed by atoms with Gasteiger partial charge in [-0.2, -0.15) is 0 Å². The Morgan fingerprint density at radius 3 is 2.84 bits per heavy atom. The van der Waals surface area contributed by atoms with E-state index in [4.69, 9.17) is 10.5 Å². The molecule has 0 bridgehead atoms. The van der Waals surface area contributed by atoms with Crippen molar-refractivity contribution in [3.8, 4) is 0 Å². The molecule has 1 saturated heterocycles. The lowest BCUT2D eigenvalue weighted by atomic mass is 9.98. The summed E-state index contributed by atoms with van der Waals surface area (Å²) in [6.07, 6.45) is 2.43. The SMILES string of the molecule is COCC1CCCN(CC(N)c2ccc(F)cc2)C1. The highest BCUT2D eigenvalue weighted by Crippen LogP contribution is 2.19. The van der Waals surface area contributed by atoms with E-state index in [-0.39, 0.29) is 11.9 Å². The molecule has 19 heavy (non-hydrogen) atoms. The lowest BCUT2D eigenvalue weighted by Gasteiger charge is -2.34. The number of ether oxygens (including phenoxy) is 1. The number of benzene rings is 1. The van der Waals surface area contributed by atoms with Gasteiger partial charge >= 0.3 is 0 Å². The van der Waals surface area contributed by atoms with Crippen LogP contribution >= 0.6 is 0 Å². The highest BCUT2D eigenvalue weighted by atomic mass is 19.1. The number of hydrogen-bond donors (Lipinski definition) is 1. The average molecular weight is 266 g/mol. The Bertz CT molecular complexity index is 380.